The van der Waals surface area contributed by atoms with Gasteiger partial charge in [-0.15, -0.1) is 6.58 Å². The van der Waals surface area contributed by atoms with E-state index in [2.05, 4.69) is 6.58 Å². The first-order chi connectivity index (χ1) is 8.58. The Labute approximate surface area is 109 Å². The first kappa shape index (κ1) is 14.7. The van der Waals surface area contributed by atoms with Crippen LogP contribution in [0.3, 0.4) is 0 Å². The van der Waals surface area contributed by atoms with Crippen LogP contribution in [-0.4, -0.2) is 24.4 Å². The van der Waals surface area contributed by atoms with Crippen LogP contribution >= 0.6 is 0 Å². The minimum atomic E-state index is -0.527. The fourth-order valence-corrected chi connectivity index (χ4v) is 1.61. The highest BCUT2D eigenvalue weighted by Crippen LogP contribution is 2.15. The molecule has 0 radical (unpaired) electrons. The Morgan fingerprint density at radius 3 is 2.39 bits per heavy atom. The van der Waals surface area contributed by atoms with Gasteiger partial charge in [0.1, 0.15) is 5.75 Å². The van der Waals surface area contributed by atoms with Gasteiger partial charge in [-0.25, -0.2) is 0 Å². The molecule has 0 aliphatic carbocycles. The third-order valence-electron chi connectivity index (χ3n) is 3.06. The zero-order valence-corrected chi connectivity index (χ0v) is 11.3. The molecule has 100 valence electrons. The molecule has 0 bridgehead atoms. The minimum Gasteiger partial charge on any atom is -0.497 e. The summed E-state index contributed by atoms with van der Waals surface area (Å²) in [5.41, 5.74) is 1.06. The van der Waals surface area contributed by atoms with Gasteiger partial charge in [-0.2, -0.15) is 0 Å². The highest BCUT2D eigenvalue weighted by Gasteiger charge is 2.19. The van der Waals surface area contributed by atoms with E-state index in [1.54, 1.807) is 13.2 Å². The van der Waals surface area contributed by atoms with Crippen molar-refractivity contribution in [3.05, 3.63) is 42.5 Å². The van der Waals surface area contributed by atoms with Crippen LogP contribution in [0.2, 0.25) is 0 Å². The van der Waals surface area contributed by atoms with E-state index in [9.17, 15) is 5.11 Å². The first-order valence-corrected chi connectivity index (χ1v) is 6.13. The minimum absolute atomic E-state index is 0.0240. The molecule has 3 atom stereocenters. The Hall–Kier alpha value is -1.32. The summed E-state index contributed by atoms with van der Waals surface area (Å²) in [4.78, 5) is 0. The van der Waals surface area contributed by atoms with Gasteiger partial charge in [-0.1, -0.05) is 25.1 Å². The quantitative estimate of drug-likeness (QED) is 0.756. The third-order valence-corrected chi connectivity index (χ3v) is 3.06. The number of aliphatic hydroxyl groups excluding tert-OH is 1. The Balaban J connectivity index is 2.46. The van der Waals surface area contributed by atoms with Gasteiger partial charge in [0, 0.05) is 5.92 Å². The van der Waals surface area contributed by atoms with E-state index in [1.165, 1.54) is 0 Å². The van der Waals surface area contributed by atoms with Gasteiger partial charge in [0.15, 0.2) is 0 Å². The second-order valence-corrected chi connectivity index (χ2v) is 4.45. The van der Waals surface area contributed by atoms with Crippen LogP contribution in [0.15, 0.2) is 36.9 Å². The summed E-state index contributed by atoms with van der Waals surface area (Å²) in [5.74, 6) is 0.850. The van der Waals surface area contributed by atoms with E-state index in [4.69, 9.17) is 9.47 Å². The van der Waals surface area contributed by atoms with Crippen molar-refractivity contribution in [3.63, 3.8) is 0 Å². The lowest BCUT2D eigenvalue weighted by Gasteiger charge is -2.23. The van der Waals surface area contributed by atoms with Gasteiger partial charge in [-0.05, 0) is 24.6 Å². The molecule has 0 heterocycles. The number of methoxy groups -OCH3 is 1. The molecule has 0 saturated heterocycles. The molecule has 0 spiro atoms. The monoisotopic (exact) mass is 250 g/mol. The lowest BCUT2D eigenvalue weighted by molar-refractivity contribution is -0.0487. The zero-order valence-electron chi connectivity index (χ0n) is 11.3. The van der Waals surface area contributed by atoms with Crippen molar-refractivity contribution in [1.29, 1.82) is 0 Å². The Morgan fingerprint density at radius 2 is 1.89 bits per heavy atom. The van der Waals surface area contributed by atoms with Crippen molar-refractivity contribution >= 4 is 0 Å². The van der Waals surface area contributed by atoms with E-state index >= 15 is 0 Å². The summed E-state index contributed by atoms with van der Waals surface area (Å²) in [7, 11) is 1.64. The van der Waals surface area contributed by atoms with Crippen LogP contribution in [-0.2, 0) is 11.3 Å². The smallest absolute Gasteiger partial charge is 0.118 e. The third kappa shape index (κ3) is 4.17. The topological polar surface area (TPSA) is 38.7 Å². The molecule has 0 aliphatic rings. The van der Waals surface area contributed by atoms with Gasteiger partial charge in [0.05, 0.1) is 25.9 Å². The van der Waals surface area contributed by atoms with E-state index in [0.29, 0.717) is 6.61 Å². The maximum absolute atomic E-state index is 9.93. The van der Waals surface area contributed by atoms with Crippen molar-refractivity contribution in [2.75, 3.05) is 7.11 Å². The number of ether oxygens (including phenoxy) is 2. The number of rotatable bonds is 7. The fourth-order valence-electron chi connectivity index (χ4n) is 1.61. The highest BCUT2D eigenvalue weighted by molar-refractivity contribution is 5.26. The average molecular weight is 250 g/mol. The standard InChI is InChI=1S/C15H22O3/c1-5-11(2)15(16)12(3)18-10-13-6-8-14(17-4)9-7-13/h5-9,11-12,15-16H,1,10H2,2-4H3/t11-,12-,15-/m0/s1. The van der Waals surface area contributed by atoms with Crippen molar-refractivity contribution in [3.8, 4) is 5.75 Å². The molecule has 0 unspecified atom stereocenters. The molecule has 0 amide bonds. The molecule has 1 aromatic rings. The SMILES string of the molecule is C=C[C@H](C)[C@H](O)[C@H](C)OCc1ccc(OC)cc1. The average Bonchev–Trinajstić information content (AvgIpc) is 2.43. The largest absolute Gasteiger partial charge is 0.497 e. The maximum atomic E-state index is 9.93. The Morgan fingerprint density at radius 1 is 1.28 bits per heavy atom. The summed E-state index contributed by atoms with van der Waals surface area (Å²) in [6, 6.07) is 7.70. The molecule has 0 fully saturated rings. The summed E-state index contributed by atoms with van der Waals surface area (Å²) >= 11 is 0. The summed E-state index contributed by atoms with van der Waals surface area (Å²) in [6.45, 7) is 7.94. The number of benzene rings is 1. The molecule has 0 saturated carbocycles. The van der Waals surface area contributed by atoms with Crippen LogP contribution in [0.1, 0.15) is 19.4 Å². The summed E-state index contributed by atoms with van der Waals surface area (Å²) in [6.07, 6.45) is 0.985. The van der Waals surface area contributed by atoms with Crippen molar-refractivity contribution < 1.29 is 14.6 Å². The molecule has 18 heavy (non-hydrogen) atoms. The van der Waals surface area contributed by atoms with Gasteiger partial charge < -0.3 is 14.6 Å². The molecular weight excluding hydrogens is 228 g/mol. The maximum Gasteiger partial charge on any atom is 0.118 e. The van der Waals surface area contributed by atoms with Crippen molar-refractivity contribution in [2.45, 2.75) is 32.7 Å². The highest BCUT2D eigenvalue weighted by atomic mass is 16.5. The normalized spacial score (nSPS) is 15.8. The van der Waals surface area contributed by atoms with Crippen LogP contribution in [0, 0.1) is 5.92 Å². The number of hydrogen-bond donors (Lipinski definition) is 1. The van der Waals surface area contributed by atoms with Crippen molar-refractivity contribution in [2.24, 2.45) is 5.92 Å². The van der Waals surface area contributed by atoms with Crippen molar-refractivity contribution in [1.82, 2.24) is 0 Å². The predicted molar refractivity (Wildman–Crippen MR) is 72.6 cm³/mol. The Bertz CT molecular complexity index is 359. The second-order valence-electron chi connectivity index (χ2n) is 4.45. The molecule has 0 aliphatic heterocycles. The number of aliphatic hydroxyl groups is 1. The summed E-state index contributed by atoms with van der Waals surface area (Å²) in [5, 5.41) is 9.93. The molecule has 1 rings (SSSR count). The fraction of sp³-hybridized carbons (Fsp3) is 0.467. The summed E-state index contributed by atoms with van der Waals surface area (Å²) < 4.78 is 10.7. The van der Waals surface area contributed by atoms with E-state index in [0.717, 1.165) is 11.3 Å². The molecular formula is C15H22O3. The van der Waals surface area contributed by atoms with Gasteiger partial charge >= 0.3 is 0 Å². The van der Waals surface area contributed by atoms with Crippen LogP contribution in [0.25, 0.3) is 0 Å². The molecule has 3 heteroatoms. The molecule has 3 nitrogen and oxygen atoms in total. The van der Waals surface area contributed by atoms with Gasteiger partial charge in [0.2, 0.25) is 0 Å². The van der Waals surface area contributed by atoms with Gasteiger partial charge in [0.25, 0.3) is 0 Å². The van der Waals surface area contributed by atoms with Gasteiger partial charge in [-0.3, -0.25) is 0 Å². The predicted octanol–water partition coefficient (Wildman–Crippen LogP) is 2.78. The zero-order chi connectivity index (χ0) is 13.5. The second kappa shape index (κ2) is 7.19. The van der Waals surface area contributed by atoms with Crippen LogP contribution in [0.5, 0.6) is 5.75 Å². The molecule has 1 N–H and O–H groups in total. The number of hydrogen-bond acceptors (Lipinski definition) is 3. The van der Waals surface area contributed by atoms with Crippen LogP contribution < -0.4 is 4.74 Å². The lowest BCUT2D eigenvalue weighted by Crippen LogP contribution is -2.31. The van der Waals surface area contributed by atoms with E-state index in [1.807, 2.05) is 38.1 Å². The lowest BCUT2D eigenvalue weighted by atomic mass is 10.0. The van der Waals surface area contributed by atoms with Crippen LogP contribution in [0.4, 0.5) is 0 Å². The van der Waals surface area contributed by atoms with E-state index in [-0.39, 0.29) is 12.0 Å². The molecule has 0 aromatic heterocycles. The molecule has 1 aromatic carbocycles. The first-order valence-electron chi connectivity index (χ1n) is 6.13. The Kier molecular flexibility index (Phi) is 5.89. The van der Waals surface area contributed by atoms with E-state index < -0.39 is 6.10 Å².